The molecular weight excluding hydrogens is 341 g/mol. The number of hydrogen-bond acceptors (Lipinski definition) is 6. The Kier molecular flexibility index (Phi) is 5.70. The number of nitrogens with zero attached hydrogens (tertiary/aromatic N) is 4. The number of rotatable bonds is 5. The highest BCUT2D eigenvalue weighted by molar-refractivity contribution is 7.15. The van der Waals surface area contributed by atoms with Gasteiger partial charge in [0.1, 0.15) is 5.82 Å². The first kappa shape index (κ1) is 17.9. The molecule has 0 aromatic carbocycles. The van der Waals surface area contributed by atoms with Gasteiger partial charge in [-0.1, -0.05) is 0 Å². The third-order valence-electron chi connectivity index (χ3n) is 4.46. The van der Waals surface area contributed by atoms with Crippen LogP contribution in [0.4, 0.5) is 9.52 Å². The number of halogens is 1. The van der Waals surface area contributed by atoms with E-state index >= 15 is 0 Å². The Labute approximate surface area is 150 Å². The minimum Gasteiger partial charge on any atom is -0.302 e. The lowest BCUT2D eigenvalue weighted by molar-refractivity contribution is -0.114. The molecule has 0 bridgehead atoms. The van der Waals surface area contributed by atoms with Crippen molar-refractivity contribution in [2.24, 2.45) is 5.92 Å². The van der Waals surface area contributed by atoms with Gasteiger partial charge in [-0.05, 0) is 32.2 Å². The number of likely N-dealkylation sites (tertiary alicyclic amines) is 1. The fraction of sp³-hybridized carbons (Fsp3) is 0.529. The van der Waals surface area contributed by atoms with Gasteiger partial charge in [-0.15, -0.1) is 11.3 Å². The summed E-state index contributed by atoms with van der Waals surface area (Å²) in [5, 5.41) is 3.37. The fourth-order valence-corrected chi connectivity index (χ4v) is 4.13. The number of carbonyl (C=O) groups excluding carboxylic acids is 1. The van der Waals surface area contributed by atoms with E-state index in [0.717, 1.165) is 37.2 Å². The Morgan fingerprint density at radius 1 is 1.40 bits per heavy atom. The summed E-state index contributed by atoms with van der Waals surface area (Å²) < 4.78 is 12.9. The van der Waals surface area contributed by atoms with E-state index in [2.05, 4.69) is 32.1 Å². The topological polar surface area (TPSA) is 71.0 Å². The molecule has 8 heteroatoms. The van der Waals surface area contributed by atoms with Crippen LogP contribution < -0.4 is 5.32 Å². The number of aromatic nitrogens is 3. The largest absolute Gasteiger partial charge is 0.302 e. The Bertz CT molecular complexity index is 720. The highest BCUT2D eigenvalue weighted by Crippen LogP contribution is 2.32. The van der Waals surface area contributed by atoms with E-state index in [9.17, 15) is 9.18 Å². The third kappa shape index (κ3) is 4.79. The third-order valence-corrected chi connectivity index (χ3v) is 5.54. The van der Waals surface area contributed by atoms with Gasteiger partial charge < -0.3 is 5.32 Å². The van der Waals surface area contributed by atoms with Crippen LogP contribution in [0, 0.1) is 11.7 Å². The molecule has 1 unspecified atom stereocenters. The Hall–Kier alpha value is -1.93. The molecule has 1 aliphatic heterocycles. The molecule has 0 radical (unpaired) electrons. The molecule has 1 amide bonds. The lowest BCUT2D eigenvalue weighted by Crippen LogP contribution is -2.37. The monoisotopic (exact) mass is 363 g/mol. The second-order valence-electron chi connectivity index (χ2n) is 6.45. The molecule has 0 aliphatic carbocycles. The van der Waals surface area contributed by atoms with Gasteiger partial charge in [-0.3, -0.25) is 9.69 Å². The SMILES string of the molecule is CC(=O)Nc1ncc([C@H](C)N2CCCC(Cc3ncc(F)cn3)C2)s1. The molecule has 2 atom stereocenters. The first-order valence-electron chi connectivity index (χ1n) is 8.45. The summed E-state index contributed by atoms with van der Waals surface area (Å²) in [4.78, 5) is 27.1. The van der Waals surface area contributed by atoms with Crippen molar-refractivity contribution in [3.8, 4) is 0 Å². The van der Waals surface area contributed by atoms with Crippen LogP contribution in [0.1, 0.15) is 43.4 Å². The molecule has 0 saturated carbocycles. The van der Waals surface area contributed by atoms with Crippen LogP contribution in [0.5, 0.6) is 0 Å². The standard InChI is InChI=1S/C17H22FN5OS/c1-11(15-9-21-17(25-15)22-12(2)24)23-5-3-4-13(10-23)6-16-19-7-14(18)8-20-16/h7-9,11,13H,3-6,10H2,1-2H3,(H,21,22,24)/t11-,13?/m0/s1. The molecule has 134 valence electrons. The maximum absolute atomic E-state index is 12.9. The van der Waals surface area contributed by atoms with Gasteiger partial charge in [0, 0.05) is 37.0 Å². The van der Waals surface area contributed by atoms with Crippen LogP contribution in [-0.2, 0) is 11.2 Å². The zero-order valence-corrected chi connectivity index (χ0v) is 15.2. The second-order valence-corrected chi connectivity index (χ2v) is 7.51. The molecule has 1 saturated heterocycles. The summed E-state index contributed by atoms with van der Waals surface area (Å²) in [5.74, 6) is 0.657. The first-order chi connectivity index (χ1) is 12.0. The van der Waals surface area contributed by atoms with Crippen LogP contribution in [0.15, 0.2) is 18.6 Å². The predicted octanol–water partition coefficient (Wildman–Crippen LogP) is 3.05. The number of carbonyl (C=O) groups is 1. The molecular formula is C17H22FN5OS. The van der Waals surface area contributed by atoms with Crippen LogP contribution in [0.3, 0.4) is 0 Å². The van der Waals surface area contributed by atoms with Gasteiger partial charge in [0.25, 0.3) is 0 Å². The lowest BCUT2D eigenvalue weighted by Gasteiger charge is -2.36. The first-order valence-corrected chi connectivity index (χ1v) is 9.26. The number of anilines is 1. The molecule has 0 spiro atoms. The molecule has 1 N–H and O–H groups in total. The normalized spacial score (nSPS) is 19.6. The van der Waals surface area contributed by atoms with Gasteiger partial charge in [0.2, 0.25) is 5.91 Å². The van der Waals surface area contributed by atoms with Crippen molar-refractivity contribution >= 4 is 22.4 Å². The van der Waals surface area contributed by atoms with Crippen LogP contribution in [0.25, 0.3) is 0 Å². The van der Waals surface area contributed by atoms with E-state index in [1.54, 1.807) is 0 Å². The van der Waals surface area contributed by atoms with Crippen molar-refractivity contribution in [2.45, 2.75) is 39.2 Å². The molecule has 25 heavy (non-hydrogen) atoms. The molecule has 1 aliphatic rings. The zero-order chi connectivity index (χ0) is 17.8. The van der Waals surface area contributed by atoms with Crippen molar-refractivity contribution in [3.63, 3.8) is 0 Å². The smallest absolute Gasteiger partial charge is 0.223 e. The Morgan fingerprint density at radius 3 is 2.88 bits per heavy atom. The van der Waals surface area contributed by atoms with Crippen LogP contribution in [-0.4, -0.2) is 38.8 Å². The maximum Gasteiger partial charge on any atom is 0.223 e. The fourth-order valence-electron chi connectivity index (χ4n) is 3.19. The van der Waals surface area contributed by atoms with Crippen LogP contribution in [0.2, 0.25) is 0 Å². The van der Waals surface area contributed by atoms with E-state index in [4.69, 9.17) is 0 Å². The van der Waals surface area contributed by atoms with Crippen molar-refractivity contribution < 1.29 is 9.18 Å². The van der Waals surface area contributed by atoms with E-state index in [1.165, 1.54) is 30.7 Å². The van der Waals surface area contributed by atoms with E-state index in [-0.39, 0.29) is 11.9 Å². The summed E-state index contributed by atoms with van der Waals surface area (Å²) in [6.45, 7) is 5.64. The van der Waals surface area contributed by atoms with E-state index in [0.29, 0.717) is 16.9 Å². The number of piperidine rings is 1. The minimum atomic E-state index is -0.400. The van der Waals surface area contributed by atoms with Gasteiger partial charge in [-0.2, -0.15) is 0 Å². The molecule has 6 nitrogen and oxygen atoms in total. The summed E-state index contributed by atoms with van der Waals surface area (Å²) in [5.41, 5.74) is 0. The number of amides is 1. The average Bonchev–Trinajstić information content (AvgIpc) is 3.04. The summed E-state index contributed by atoms with van der Waals surface area (Å²) in [7, 11) is 0. The number of thiazole rings is 1. The van der Waals surface area contributed by atoms with Crippen molar-refractivity contribution in [1.29, 1.82) is 0 Å². The lowest BCUT2D eigenvalue weighted by atomic mass is 9.93. The van der Waals surface area contributed by atoms with Gasteiger partial charge >= 0.3 is 0 Å². The predicted molar refractivity (Wildman–Crippen MR) is 94.8 cm³/mol. The van der Waals surface area contributed by atoms with Crippen molar-refractivity contribution in [2.75, 3.05) is 18.4 Å². The van der Waals surface area contributed by atoms with Gasteiger partial charge in [-0.25, -0.2) is 19.3 Å². The molecule has 2 aromatic heterocycles. The summed E-state index contributed by atoms with van der Waals surface area (Å²) in [6.07, 6.45) is 7.31. The molecule has 3 heterocycles. The maximum atomic E-state index is 12.9. The minimum absolute atomic E-state index is 0.106. The molecule has 3 rings (SSSR count). The van der Waals surface area contributed by atoms with E-state index < -0.39 is 5.82 Å². The van der Waals surface area contributed by atoms with Crippen LogP contribution >= 0.6 is 11.3 Å². The highest BCUT2D eigenvalue weighted by atomic mass is 32.1. The van der Waals surface area contributed by atoms with Crippen molar-refractivity contribution in [3.05, 3.63) is 35.1 Å². The summed E-state index contributed by atoms with van der Waals surface area (Å²) in [6, 6.07) is 0.247. The van der Waals surface area contributed by atoms with Gasteiger partial charge in [0.05, 0.1) is 12.4 Å². The van der Waals surface area contributed by atoms with E-state index in [1.807, 2.05) is 6.20 Å². The Morgan fingerprint density at radius 2 is 2.16 bits per heavy atom. The average molecular weight is 363 g/mol. The van der Waals surface area contributed by atoms with Gasteiger partial charge in [0.15, 0.2) is 10.9 Å². The zero-order valence-electron chi connectivity index (χ0n) is 14.4. The quantitative estimate of drug-likeness (QED) is 0.884. The summed E-state index contributed by atoms with van der Waals surface area (Å²) >= 11 is 1.52. The molecule has 1 fully saturated rings. The van der Waals surface area contributed by atoms with Crippen molar-refractivity contribution in [1.82, 2.24) is 19.9 Å². The molecule has 2 aromatic rings. The second kappa shape index (κ2) is 7.97. The number of nitrogens with one attached hydrogen (secondary N) is 1. The number of hydrogen-bond donors (Lipinski definition) is 1. The Balaban J connectivity index is 1.61. The highest BCUT2D eigenvalue weighted by Gasteiger charge is 2.26.